The van der Waals surface area contributed by atoms with Crippen molar-refractivity contribution in [1.82, 2.24) is 15.0 Å². The third-order valence-electron chi connectivity index (χ3n) is 3.58. The number of anilines is 2. The van der Waals surface area contributed by atoms with E-state index in [0.717, 1.165) is 5.56 Å². The highest BCUT2D eigenvalue weighted by atomic mass is 16.5. The minimum atomic E-state index is -0.481. The van der Waals surface area contributed by atoms with Crippen LogP contribution in [0.4, 0.5) is 11.9 Å². The third-order valence-corrected chi connectivity index (χ3v) is 3.58. The number of ether oxygens (including phenoxy) is 1. The van der Waals surface area contributed by atoms with Gasteiger partial charge in [0.05, 0.1) is 6.42 Å². The number of aromatic nitrogens is 3. The van der Waals surface area contributed by atoms with Crippen LogP contribution in [0, 0.1) is 0 Å². The van der Waals surface area contributed by atoms with Crippen molar-refractivity contribution in [3.8, 4) is 0 Å². The molecule has 0 spiro atoms. The van der Waals surface area contributed by atoms with Gasteiger partial charge in [-0.05, 0) is 5.56 Å². The largest absolute Gasteiger partial charge is 0.457 e. The van der Waals surface area contributed by atoms with E-state index < -0.39 is 11.9 Å². The fraction of sp³-hybridized carbons (Fsp3) is 0.353. The summed E-state index contributed by atoms with van der Waals surface area (Å²) >= 11 is 0. The highest BCUT2D eigenvalue weighted by molar-refractivity contribution is 5.77. The summed E-state index contributed by atoms with van der Waals surface area (Å²) < 4.78 is 5.23. The number of nitrogens with two attached hydrogens (primary N) is 2. The first-order chi connectivity index (χ1) is 12.3. The number of hydrogen-bond acceptors (Lipinski definition) is 8. The Hall–Kier alpha value is -3.23. The number of carbonyl (C=O) groups excluding carboxylic acids is 2. The molecule has 2 rings (SSSR count). The highest BCUT2D eigenvalue weighted by Crippen LogP contribution is 2.23. The molecule has 0 aliphatic carbocycles. The van der Waals surface area contributed by atoms with Crippen LogP contribution in [-0.2, 0) is 20.9 Å². The summed E-state index contributed by atoms with van der Waals surface area (Å²) in [7, 11) is 3.53. The van der Waals surface area contributed by atoms with E-state index >= 15 is 0 Å². The zero-order chi connectivity index (χ0) is 19.1. The summed E-state index contributed by atoms with van der Waals surface area (Å²) in [5.41, 5.74) is 11.8. The molecule has 1 atom stereocenters. The van der Waals surface area contributed by atoms with Gasteiger partial charge in [-0.1, -0.05) is 30.3 Å². The maximum absolute atomic E-state index is 12.2. The van der Waals surface area contributed by atoms with Gasteiger partial charge in [-0.15, -0.1) is 0 Å². The quantitative estimate of drug-likeness (QED) is 0.655. The second-order valence-corrected chi connectivity index (χ2v) is 5.95. The molecule has 4 N–H and O–H groups in total. The Balaban J connectivity index is 2.01. The number of primary amides is 1. The van der Waals surface area contributed by atoms with Crippen molar-refractivity contribution < 1.29 is 14.3 Å². The molecule has 9 heteroatoms. The van der Waals surface area contributed by atoms with Crippen molar-refractivity contribution in [2.24, 2.45) is 5.73 Å². The average molecular weight is 358 g/mol. The first kappa shape index (κ1) is 19.1. The van der Waals surface area contributed by atoms with E-state index in [1.54, 1.807) is 19.0 Å². The van der Waals surface area contributed by atoms with Crippen LogP contribution >= 0.6 is 0 Å². The van der Waals surface area contributed by atoms with Crippen LogP contribution in [0.25, 0.3) is 0 Å². The zero-order valence-corrected chi connectivity index (χ0v) is 14.8. The first-order valence-electron chi connectivity index (χ1n) is 8.01. The van der Waals surface area contributed by atoms with E-state index in [-0.39, 0.29) is 37.1 Å². The summed E-state index contributed by atoms with van der Waals surface area (Å²) in [6.07, 6.45) is 0.0800. The topological polar surface area (TPSA) is 137 Å². The molecule has 1 aromatic carbocycles. The third kappa shape index (κ3) is 5.69. The van der Waals surface area contributed by atoms with Gasteiger partial charge in [0, 0.05) is 26.4 Å². The van der Waals surface area contributed by atoms with E-state index in [0.29, 0.717) is 5.95 Å². The van der Waals surface area contributed by atoms with E-state index in [1.807, 2.05) is 30.3 Å². The predicted molar refractivity (Wildman–Crippen MR) is 96.0 cm³/mol. The van der Waals surface area contributed by atoms with Crippen LogP contribution in [0.5, 0.6) is 0 Å². The second-order valence-electron chi connectivity index (χ2n) is 5.95. The molecule has 0 bridgehead atoms. The van der Waals surface area contributed by atoms with Gasteiger partial charge in [-0.25, -0.2) is 0 Å². The minimum Gasteiger partial charge on any atom is -0.457 e. The Kier molecular flexibility index (Phi) is 6.42. The minimum absolute atomic E-state index is 0.0219. The fourth-order valence-corrected chi connectivity index (χ4v) is 2.37. The number of nitrogens with zero attached hydrogens (tertiary/aromatic N) is 4. The number of nitrogen functional groups attached to an aromatic ring is 1. The van der Waals surface area contributed by atoms with Crippen molar-refractivity contribution in [1.29, 1.82) is 0 Å². The summed E-state index contributed by atoms with van der Waals surface area (Å²) in [5, 5.41) is 0. The smallest absolute Gasteiger partial charge is 0.306 e. The highest BCUT2D eigenvalue weighted by Gasteiger charge is 2.20. The Labute approximate surface area is 151 Å². The van der Waals surface area contributed by atoms with E-state index in [4.69, 9.17) is 16.2 Å². The van der Waals surface area contributed by atoms with Crippen molar-refractivity contribution in [2.45, 2.75) is 25.4 Å². The molecule has 0 aliphatic heterocycles. The standard InChI is InChI=1S/C17H22N6O3/c1-23(2)17-21-14(20-16(19)22-17)10-26-15(25)9-12(8-13(18)24)11-6-4-3-5-7-11/h3-7,12H,8-10H2,1-2H3,(H2,18,24)(H2,19,20,21,22). The molecular formula is C17H22N6O3. The van der Waals surface area contributed by atoms with Crippen LogP contribution in [0.2, 0.25) is 0 Å². The zero-order valence-electron chi connectivity index (χ0n) is 14.8. The number of benzene rings is 1. The van der Waals surface area contributed by atoms with Crippen LogP contribution in [0.3, 0.4) is 0 Å². The summed E-state index contributed by atoms with van der Waals surface area (Å²) in [4.78, 5) is 37.3. The lowest BCUT2D eigenvalue weighted by molar-refractivity contribution is -0.145. The lowest BCUT2D eigenvalue weighted by Gasteiger charge is -2.15. The summed E-state index contributed by atoms with van der Waals surface area (Å²) in [5.74, 6) is -0.634. The maximum Gasteiger partial charge on any atom is 0.306 e. The van der Waals surface area contributed by atoms with Gasteiger partial charge < -0.3 is 21.1 Å². The van der Waals surface area contributed by atoms with Crippen LogP contribution < -0.4 is 16.4 Å². The molecule has 1 aromatic heterocycles. The van der Waals surface area contributed by atoms with Gasteiger partial charge in [0.15, 0.2) is 12.4 Å². The predicted octanol–water partition coefficient (Wildman–Crippen LogP) is 0.612. The van der Waals surface area contributed by atoms with Gasteiger partial charge in [-0.3, -0.25) is 9.59 Å². The normalized spacial score (nSPS) is 11.6. The summed E-state index contributed by atoms with van der Waals surface area (Å²) in [6.45, 7) is -0.134. The molecule has 1 amide bonds. The van der Waals surface area contributed by atoms with Crippen molar-refractivity contribution in [2.75, 3.05) is 24.7 Å². The number of amides is 1. The van der Waals surface area contributed by atoms with E-state index in [2.05, 4.69) is 15.0 Å². The Morgan fingerprint density at radius 2 is 1.81 bits per heavy atom. The number of rotatable bonds is 8. The van der Waals surface area contributed by atoms with E-state index in [9.17, 15) is 9.59 Å². The SMILES string of the molecule is CN(C)c1nc(N)nc(COC(=O)CC(CC(N)=O)c2ccccc2)n1. The van der Waals surface area contributed by atoms with Crippen LogP contribution in [0.15, 0.2) is 30.3 Å². The molecule has 9 nitrogen and oxygen atoms in total. The van der Waals surface area contributed by atoms with Crippen molar-refractivity contribution in [3.63, 3.8) is 0 Å². The molecule has 0 saturated heterocycles. The number of carbonyl (C=O) groups is 2. The van der Waals surface area contributed by atoms with Gasteiger partial charge >= 0.3 is 5.97 Å². The molecule has 0 aliphatic rings. The van der Waals surface area contributed by atoms with Gasteiger partial charge in [0.1, 0.15) is 0 Å². The Bertz CT molecular complexity index is 766. The van der Waals surface area contributed by atoms with Crippen molar-refractivity contribution >= 4 is 23.8 Å². The molecule has 1 heterocycles. The van der Waals surface area contributed by atoms with Gasteiger partial charge in [-0.2, -0.15) is 15.0 Å². The van der Waals surface area contributed by atoms with Gasteiger partial charge in [0.2, 0.25) is 17.8 Å². The van der Waals surface area contributed by atoms with E-state index in [1.165, 1.54) is 0 Å². The molecule has 0 radical (unpaired) electrons. The Morgan fingerprint density at radius 1 is 1.12 bits per heavy atom. The molecule has 138 valence electrons. The molecule has 0 fully saturated rings. The van der Waals surface area contributed by atoms with Crippen LogP contribution in [0.1, 0.15) is 30.1 Å². The summed E-state index contributed by atoms with van der Waals surface area (Å²) in [6, 6.07) is 9.22. The lowest BCUT2D eigenvalue weighted by Crippen LogP contribution is -2.19. The lowest BCUT2D eigenvalue weighted by atomic mass is 9.92. The maximum atomic E-state index is 12.2. The van der Waals surface area contributed by atoms with Crippen molar-refractivity contribution in [3.05, 3.63) is 41.7 Å². The molecule has 0 saturated carbocycles. The number of esters is 1. The molecule has 1 unspecified atom stereocenters. The monoisotopic (exact) mass is 358 g/mol. The van der Waals surface area contributed by atoms with Gasteiger partial charge in [0.25, 0.3) is 0 Å². The average Bonchev–Trinajstić information content (AvgIpc) is 2.59. The Morgan fingerprint density at radius 3 is 2.42 bits per heavy atom. The fourth-order valence-electron chi connectivity index (χ4n) is 2.37. The van der Waals surface area contributed by atoms with Crippen LogP contribution in [-0.4, -0.2) is 40.9 Å². The first-order valence-corrected chi connectivity index (χ1v) is 8.01. The molecule has 26 heavy (non-hydrogen) atoms. The molecular weight excluding hydrogens is 336 g/mol. The molecule has 2 aromatic rings. The second kappa shape index (κ2) is 8.75. The number of hydrogen-bond donors (Lipinski definition) is 2.